The quantitative estimate of drug-likeness (QED) is 0.0320. The van der Waals surface area contributed by atoms with Crippen LogP contribution in [0.2, 0.25) is 0 Å². The lowest BCUT2D eigenvalue weighted by Crippen LogP contribution is -2.45. The van der Waals surface area contributed by atoms with Crippen LogP contribution in [0.4, 0.5) is 0 Å². The summed E-state index contributed by atoms with van der Waals surface area (Å²) in [6.07, 6.45) is 109. The third kappa shape index (κ3) is 79.0. The van der Waals surface area contributed by atoms with E-state index in [1.807, 2.05) is 6.08 Å². The van der Waals surface area contributed by atoms with Gasteiger partial charge in [-0.25, -0.2) is 0 Å². The Hall–Kier alpha value is -1.92. The predicted molar refractivity (Wildman–Crippen MR) is 412 cm³/mol. The Kier molecular flexibility index (Phi) is 80.8. The van der Waals surface area contributed by atoms with Gasteiger partial charge in [0.05, 0.1) is 25.4 Å². The molecule has 0 fully saturated rings. The van der Waals surface area contributed by atoms with Crippen molar-refractivity contribution in [1.82, 2.24) is 5.32 Å². The molecule has 0 aromatic carbocycles. The molecule has 0 aliphatic rings. The molecule has 0 aromatic heterocycles. The summed E-state index contributed by atoms with van der Waals surface area (Å²) < 4.78 is 5.51. The fourth-order valence-corrected chi connectivity index (χ4v) is 13.7. The highest BCUT2D eigenvalue weighted by Gasteiger charge is 2.18. The van der Waals surface area contributed by atoms with Crippen molar-refractivity contribution < 1.29 is 24.5 Å². The van der Waals surface area contributed by atoms with E-state index in [-0.39, 0.29) is 18.5 Å². The van der Waals surface area contributed by atoms with E-state index in [9.17, 15) is 19.8 Å². The molecule has 0 aromatic rings. The second-order valence-electron chi connectivity index (χ2n) is 29.5. The summed E-state index contributed by atoms with van der Waals surface area (Å²) in [6.45, 7) is 4.96. The van der Waals surface area contributed by atoms with Gasteiger partial charge in [0.25, 0.3) is 0 Å². The average Bonchev–Trinajstić information content (AvgIpc) is 3.70. The van der Waals surface area contributed by atoms with Crippen molar-refractivity contribution in [2.75, 3.05) is 13.2 Å². The SMILES string of the molecule is CCCCCCCCCCCCCCCCCCCCCCCCC/C=C/C(O)C(CO)NC(=O)CCCCCCCCCCCCCCCCCCC/C=C\C/C=C\CCCCCCCCCCCCCOC(=O)CCCCCCCCCCCCCCCCCC. The first kappa shape index (κ1) is 91.1. The summed E-state index contributed by atoms with van der Waals surface area (Å²) in [6, 6.07) is -0.628. The largest absolute Gasteiger partial charge is 0.466 e. The van der Waals surface area contributed by atoms with Crippen molar-refractivity contribution in [3.05, 3.63) is 36.5 Å². The van der Waals surface area contributed by atoms with Crippen LogP contribution in [-0.2, 0) is 14.3 Å². The number of carbonyl (C=O) groups excluding carboxylic acids is 2. The zero-order chi connectivity index (χ0) is 67.0. The molecule has 0 rings (SSSR count). The molecule has 0 aliphatic heterocycles. The number of hydrogen-bond acceptors (Lipinski definition) is 5. The third-order valence-electron chi connectivity index (χ3n) is 20.2. The number of carbonyl (C=O) groups is 2. The molecule has 550 valence electrons. The monoisotopic (exact) mass is 1310 g/mol. The summed E-state index contributed by atoms with van der Waals surface area (Å²) in [5.74, 6) is -0.0391. The first-order valence-corrected chi connectivity index (χ1v) is 42.8. The topological polar surface area (TPSA) is 95.9 Å². The Bertz CT molecular complexity index is 1510. The molecule has 93 heavy (non-hydrogen) atoms. The van der Waals surface area contributed by atoms with Crippen LogP contribution in [0, 0.1) is 0 Å². The van der Waals surface area contributed by atoms with Gasteiger partial charge >= 0.3 is 5.97 Å². The summed E-state index contributed by atoms with van der Waals surface area (Å²) in [5, 5.41) is 23.3. The molecular formula is C87H167NO5. The van der Waals surface area contributed by atoms with Crippen LogP contribution in [0.5, 0.6) is 0 Å². The summed E-state index contributed by atoms with van der Waals surface area (Å²) in [4.78, 5) is 24.7. The number of hydrogen-bond donors (Lipinski definition) is 3. The van der Waals surface area contributed by atoms with Gasteiger partial charge in [-0.2, -0.15) is 0 Å². The maximum absolute atomic E-state index is 12.6. The standard InChI is InChI=1S/C87H167NO5/c1-3-5-7-9-11-13-15-17-19-21-22-23-24-36-39-42-45-48-51-55-59-63-67-71-75-79-85(90)84(83-89)88-86(91)80-76-72-68-64-60-56-52-49-46-43-40-37-34-32-30-28-26-25-27-29-31-33-35-38-41-44-47-50-54-58-62-66-70-74-78-82-93-87(92)81-77-73-69-65-61-57-53-20-18-16-14-12-10-8-6-4-2/h27,29,33,35,75,79,84-85,89-90H,3-26,28,30-32,34,36-74,76-78,80-83H2,1-2H3,(H,88,91)/b29-27-,35-33-,79-75+. The molecule has 0 radical (unpaired) electrons. The number of aliphatic hydroxyl groups excluding tert-OH is 2. The molecule has 3 N–H and O–H groups in total. The smallest absolute Gasteiger partial charge is 0.305 e. The highest BCUT2D eigenvalue weighted by molar-refractivity contribution is 5.76. The molecule has 0 heterocycles. The van der Waals surface area contributed by atoms with Gasteiger partial charge in [0.2, 0.25) is 5.91 Å². The van der Waals surface area contributed by atoms with Crippen LogP contribution < -0.4 is 5.32 Å². The molecule has 6 heteroatoms. The minimum atomic E-state index is -0.845. The Balaban J connectivity index is 3.39. The van der Waals surface area contributed by atoms with Crippen molar-refractivity contribution in [1.29, 1.82) is 0 Å². The van der Waals surface area contributed by atoms with Gasteiger partial charge < -0.3 is 20.3 Å². The Morgan fingerprint density at radius 1 is 0.301 bits per heavy atom. The molecule has 1 amide bonds. The molecule has 2 atom stereocenters. The van der Waals surface area contributed by atoms with Gasteiger partial charge in [-0.15, -0.1) is 0 Å². The second-order valence-corrected chi connectivity index (χ2v) is 29.5. The van der Waals surface area contributed by atoms with Crippen LogP contribution in [0.25, 0.3) is 0 Å². The lowest BCUT2D eigenvalue weighted by atomic mass is 10.0. The van der Waals surface area contributed by atoms with Crippen molar-refractivity contribution in [3.8, 4) is 0 Å². The minimum Gasteiger partial charge on any atom is -0.466 e. The summed E-state index contributed by atoms with van der Waals surface area (Å²) >= 11 is 0. The number of unbranched alkanes of at least 4 members (excludes halogenated alkanes) is 66. The highest BCUT2D eigenvalue weighted by Crippen LogP contribution is 2.20. The second kappa shape index (κ2) is 82.5. The van der Waals surface area contributed by atoms with Gasteiger partial charge in [-0.05, 0) is 64.2 Å². The molecule has 2 unspecified atom stereocenters. The normalized spacial score (nSPS) is 12.6. The van der Waals surface area contributed by atoms with E-state index in [1.165, 1.54) is 411 Å². The molecule has 0 aliphatic carbocycles. The molecule has 0 saturated heterocycles. The van der Waals surface area contributed by atoms with Crippen LogP contribution in [0.1, 0.15) is 483 Å². The Morgan fingerprint density at radius 2 is 0.538 bits per heavy atom. The van der Waals surface area contributed by atoms with E-state index in [0.29, 0.717) is 19.4 Å². The fraction of sp³-hybridized carbons (Fsp3) is 0.908. The van der Waals surface area contributed by atoms with E-state index in [1.54, 1.807) is 6.08 Å². The molecule has 0 spiro atoms. The number of ether oxygens (including phenoxy) is 1. The van der Waals surface area contributed by atoms with E-state index < -0.39 is 12.1 Å². The van der Waals surface area contributed by atoms with Crippen LogP contribution in [0.15, 0.2) is 36.5 Å². The fourth-order valence-electron chi connectivity index (χ4n) is 13.7. The van der Waals surface area contributed by atoms with Crippen molar-refractivity contribution >= 4 is 11.9 Å². The predicted octanol–water partition coefficient (Wildman–Crippen LogP) is 28.6. The van der Waals surface area contributed by atoms with Crippen molar-refractivity contribution in [2.24, 2.45) is 0 Å². The Morgan fingerprint density at radius 3 is 0.817 bits per heavy atom. The van der Waals surface area contributed by atoms with Gasteiger partial charge in [0, 0.05) is 12.8 Å². The van der Waals surface area contributed by atoms with Crippen LogP contribution >= 0.6 is 0 Å². The first-order valence-electron chi connectivity index (χ1n) is 42.8. The maximum Gasteiger partial charge on any atom is 0.305 e. The zero-order valence-corrected chi connectivity index (χ0v) is 63.3. The molecule has 0 bridgehead atoms. The number of allylic oxidation sites excluding steroid dienone is 5. The van der Waals surface area contributed by atoms with Crippen LogP contribution in [0.3, 0.4) is 0 Å². The van der Waals surface area contributed by atoms with Crippen molar-refractivity contribution in [3.63, 3.8) is 0 Å². The molecular weight excluding hydrogens is 1140 g/mol. The zero-order valence-electron chi connectivity index (χ0n) is 63.3. The number of amides is 1. The number of rotatable bonds is 81. The summed E-state index contributed by atoms with van der Waals surface area (Å²) in [7, 11) is 0. The van der Waals surface area contributed by atoms with Gasteiger partial charge in [-0.1, -0.05) is 442 Å². The number of aliphatic hydroxyl groups is 2. The number of nitrogens with one attached hydrogen (secondary N) is 1. The third-order valence-corrected chi connectivity index (χ3v) is 20.2. The maximum atomic E-state index is 12.6. The van der Waals surface area contributed by atoms with E-state index >= 15 is 0 Å². The number of esters is 1. The van der Waals surface area contributed by atoms with Gasteiger partial charge in [0.1, 0.15) is 0 Å². The van der Waals surface area contributed by atoms with Crippen molar-refractivity contribution in [2.45, 2.75) is 495 Å². The lowest BCUT2D eigenvalue weighted by Gasteiger charge is -2.20. The first-order chi connectivity index (χ1) is 46.0. The lowest BCUT2D eigenvalue weighted by molar-refractivity contribution is -0.143. The highest BCUT2D eigenvalue weighted by atomic mass is 16.5. The summed E-state index contributed by atoms with van der Waals surface area (Å²) in [5.41, 5.74) is 0. The minimum absolute atomic E-state index is 0.0210. The van der Waals surface area contributed by atoms with E-state index in [2.05, 4.69) is 43.5 Å². The molecule has 0 saturated carbocycles. The van der Waals surface area contributed by atoms with Gasteiger partial charge in [0.15, 0.2) is 0 Å². The molecule has 6 nitrogen and oxygen atoms in total. The van der Waals surface area contributed by atoms with Gasteiger partial charge in [-0.3, -0.25) is 9.59 Å². The van der Waals surface area contributed by atoms with E-state index in [4.69, 9.17) is 4.74 Å². The van der Waals surface area contributed by atoms with E-state index in [0.717, 1.165) is 44.9 Å². The Labute approximate surface area is 583 Å². The van der Waals surface area contributed by atoms with Crippen LogP contribution in [-0.4, -0.2) is 47.4 Å². The average molecular weight is 1310 g/mol.